The van der Waals surface area contributed by atoms with Crippen molar-refractivity contribution in [3.63, 3.8) is 0 Å². The maximum absolute atomic E-state index is 12.7. The van der Waals surface area contributed by atoms with Gasteiger partial charge in [-0.1, -0.05) is 30.4 Å². The number of nitrogens with two attached hydrogens (primary N) is 1. The van der Waals surface area contributed by atoms with Gasteiger partial charge in [-0.05, 0) is 37.3 Å². The molecule has 128 valence electrons. The molecule has 0 aliphatic heterocycles. The molecule has 1 aliphatic rings. The molecule has 0 bridgehead atoms. The highest BCUT2D eigenvalue weighted by atomic mass is 127. The van der Waals surface area contributed by atoms with Crippen molar-refractivity contribution in [2.75, 3.05) is 6.54 Å². The molecule has 0 heterocycles. The van der Waals surface area contributed by atoms with E-state index in [1.54, 1.807) is 6.07 Å². The Balaban J connectivity index is 0.00000264. The molecule has 0 unspecified atom stereocenters. The Hall–Kier alpha value is -1.25. The lowest BCUT2D eigenvalue weighted by atomic mass is 9.75. The lowest BCUT2D eigenvalue weighted by molar-refractivity contribution is -0.137. The number of halogens is 4. The van der Waals surface area contributed by atoms with Gasteiger partial charge in [0.1, 0.15) is 0 Å². The van der Waals surface area contributed by atoms with Crippen molar-refractivity contribution < 1.29 is 13.2 Å². The van der Waals surface area contributed by atoms with Gasteiger partial charge in [-0.25, -0.2) is 4.99 Å². The van der Waals surface area contributed by atoms with Crippen LogP contribution in [0, 0.1) is 0 Å². The molecule has 7 heteroatoms. The molecule has 1 saturated carbocycles. The minimum atomic E-state index is -4.29. The SMILES string of the molecule is C=C(C)CN=C(N)NC1CC(c2cccc(C(F)(F)F)c2)C1.I. The van der Waals surface area contributed by atoms with Crippen LogP contribution in [0.3, 0.4) is 0 Å². The smallest absolute Gasteiger partial charge is 0.370 e. The minimum Gasteiger partial charge on any atom is -0.370 e. The molecule has 2 rings (SSSR count). The largest absolute Gasteiger partial charge is 0.416 e. The number of aliphatic imine (C=N–C) groups is 1. The maximum atomic E-state index is 12.7. The fourth-order valence-corrected chi connectivity index (χ4v) is 2.45. The van der Waals surface area contributed by atoms with E-state index in [1.165, 1.54) is 12.1 Å². The number of hydrogen-bond acceptors (Lipinski definition) is 1. The lowest BCUT2D eigenvalue weighted by Gasteiger charge is -2.36. The monoisotopic (exact) mass is 439 g/mol. The zero-order valence-corrected chi connectivity index (χ0v) is 15.2. The minimum absolute atomic E-state index is 0. The van der Waals surface area contributed by atoms with Gasteiger partial charge in [-0.2, -0.15) is 13.2 Å². The topological polar surface area (TPSA) is 50.4 Å². The van der Waals surface area contributed by atoms with Crippen LogP contribution in [0.15, 0.2) is 41.4 Å². The van der Waals surface area contributed by atoms with E-state index < -0.39 is 11.7 Å². The molecular formula is C16H21F3IN3. The fourth-order valence-electron chi connectivity index (χ4n) is 2.45. The van der Waals surface area contributed by atoms with Gasteiger partial charge in [-0.3, -0.25) is 0 Å². The van der Waals surface area contributed by atoms with E-state index in [2.05, 4.69) is 16.9 Å². The third-order valence-corrected chi connectivity index (χ3v) is 3.69. The van der Waals surface area contributed by atoms with Crippen molar-refractivity contribution in [1.82, 2.24) is 5.32 Å². The van der Waals surface area contributed by atoms with Crippen LogP contribution in [-0.2, 0) is 6.18 Å². The second-order valence-electron chi connectivity index (χ2n) is 5.79. The molecular weight excluding hydrogens is 418 g/mol. The number of hydrogen-bond donors (Lipinski definition) is 2. The highest BCUT2D eigenvalue weighted by Crippen LogP contribution is 2.39. The van der Waals surface area contributed by atoms with E-state index in [9.17, 15) is 13.2 Å². The van der Waals surface area contributed by atoms with Crippen molar-refractivity contribution in [2.45, 2.75) is 37.9 Å². The maximum Gasteiger partial charge on any atom is 0.416 e. The van der Waals surface area contributed by atoms with Gasteiger partial charge in [0.05, 0.1) is 12.1 Å². The van der Waals surface area contributed by atoms with E-state index in [1.807, 2.05) is 6.92 Å². The Labute approximate surface area is 151 Å². The number of rotatable bonds is 4. The number of benzene rings is 1. The van der Waals surface area contributed by atoms with Gasteiger partial charge >= 0.3 is 6.18 Å². The first-order valence-corrected chi connectivity index (χ1v) is 7.13. The highest BCUT2D eigenvalue weighted by Gasteiger charge is 2.34. The molecule has 0 saturated heterocycles. The number of alkyl halides is 3. The van der Waals surface area contributed by atoms with Crippen molar-refractivity contribution in [1.29, 1.82) is 0 Å². The van der Waals surface area contributed by atoms with Crippen LogP contribution in [0.2, 0.25) is 0 Å². The summed E-state index contributed by atoms with van der Waals surface area (Å²) < 4.78 is 38.1. The highest BCUT2D eigenvalue weighted by molar-refractivity contribution is 14.0. The van der Waals surface area contributed by atoms with Crippen LogP contribution in [0.1, 0.15) is 36.8 Å². The van der Waals surface area contributed by atoms with Crippen LogP contribution < -0.4 is 11.1 Å². The summed E-state index contributed by atoms with van der Waals surface area (Å²) in [6.45, 7) is 6.08. The molecule has 3 nitrogen and oxygen atoms in total. The first kappa shape index (κ1) is 19.8. The summed E-state index contributed by atoms with van der Waals surface area (Å²) in [4.78, 5) is 4.12. The van der Waals surface area contributed by atoms with Crippen molar-refractivity contribution in [3.05, 3.63) is 47.5 Å². The quantitative estimate of drug-likeness (QED) is 0.322. The number of nitrogens with one attached hydrogen (secondary N) is 1. The summed E-state index contributed by atoms with van der Waals surface area (Å²) in [5.41, 5.74) is 6.80. The van der Waals surface area contributed by atoms with Crippen molar-refractivity contribution >= 4 is 29.9 Å². The first-order chi connectivity index (χ1) is 10.3. The van der Waals surface area contributed by atoms with Crippen LogP contribution in [0.25, 0.3) is 0 Å². The summed E-state index contributed by atoms with van der Waals surface area (Å²) in [5.74, 6) is 0.490. The van der Waals surface area contributed by atoms with E-state index in [4.69, 9.17) is 5.73 Å². The first-order valence-electron chi connectivity index (χ1n) is 7.13. The molecule has 0 spiro atoms. The van der Waals surface area contributed by atoms with Crippen LogP contribution in [0.4, 0.5) is 13.2 Å². The summed E-state index contributed by atoms with van der Waals surface area (Å²) in [5, 5.41) is 3.08. The van der Waals surface area contributed by atoms with E-state index in [0.717, 1.165) is 30.0 Å². The van der Waals surface area contributed by atoms with E-state index in [0.29, 0.717) is 12.5 Å². The molecule has 1 aliphatic carbocycles. The van der Waals surface area contributed by atoms with Crippen LogP contribution >= 0.6 is 24.0 Å². The van der Waals surface area contributed by atoms with Gasteiger partial charge in [0.25, 0.3) is 0 Å². The van der Waals surface area contributed by atoms with Gasteiger partial charge in [0.15, 0.2) is 5.96 Å². The normalized spacial score (nSPS) is 21.1. The average molecular weight is 439 g/mol. The van der Waals surface area contributed by atoms with Gasteiger partial charge in [0, 0.05) is 6.04 Å². The molecule has 3 N–H and O–H groups in total. The van der Waals surface area contributed by atoms with E-state index >= 15 is 0 Å². The van der Waals surface area contributed by atoms with Gasteiger partial charge in [0.2, 0.25) is 0 Å². The molecule has 1 aromatic rings. The summed E-state index contributed by atoms with van der Waals surface area (Å²) in [6.07, 6.45) is -2.79. The molecule has 0 radical (unpaired) electrons. The predicted molar refractivity (Wildman–Crippen MR) is 97.1 cm³/mol. The Kier molecular flexibility index (Phi) is 6.91. The zero-order chi connectivity index (χ0) is 16.3. The molecule has 1 fully saturated rings. The number of nitrogens with zero attached hydrogens (tertiary/aromatic N) is 1. The molecule has 0 atom stereocenters. The Bertz CT molecular complexity index is 578. The van der Waals surface area contributed by atoms with Crippen LogP contribution in [-0.4, -0.2) is 18.5 Å². The van der Waals surface area contributed by atoms with Gasteiger partial charge in [-0.15, -0.1) is 24.0 Å². The number of guanidine groups is 1. The summed E-state index contributed by atoms with van der Waals surface area (Å²) >= 11 is 0. The Morgan fingerprint density at radius 3 is 2.61 bits per heavy atom. The fraction of sp³-hybridized carbons (Fsp3) is 0.438. The summed E-state index contributed by atoms with van der Waals surface area (Å²) in [7, 11) is 0. The lowest BCUT2D eigenvalue weighted by Crippen LogP contribution is -2.46. The van der Waals surface area contributed by atoms with Crippen molar-refractivity contribution in [2.24, 2.45) is 10.7 Å². The zero-order valence-electron chi connectivity index (χ0n) is 12.9. The predicted octanol–water partition coefficient (Wildman–Crippen LogP) is 4.05. The van der Waals surface area contributed by atoms with Crippen LogP contribution in [0.5, 0.6) is 0 Å². The van der Waals surface area contributed by atoms with E-state index in [-0.39, 0.29) is 35.9 Å². The Morgan fingerprint density at radius 1 is 1.39 bits per heavy atom. The molecule has 0 amide bonds. The van der Waals surface area contributed by atoms with Gasteiger partial charge < -0.3 is 11.1 Å². The molecule has 1 aromatic carbocycles. The standard InChI is InChI=1S/C16H20F3N3.HI/c1-10(2)9-21-15(20)22-14-7-12(8-14)11-4-3-5-13(6-11)16(17,18)19;/h3-6,12,14H,1,7-9H2,2H3,(H3,20,21,22);1H. The van der Waals surface area contributed by atoms with Crippen molar-refractivity contribution in [3.8, 4) is 0 Å². The summed E-state index contributed by atoms with van der Waals surface area (Å²) in [6, 6.07) is 5.70. The second-order valence-corrected chi connectivity index (χ2v) is 5.79. The third-order valence-electron chi connectivity index (χ3n) is 3.69. The second kappa shape index (κ2) is 8.03. The molecule has 23 heavy (non-hydrogen) atoms. The third kappa shape index (κ3) is 5.71. The average Bonchev–Trinajstić information content (AvgIpc) is 2.39. The Morgan fingerprint density at radius 2 is 2.04 bits per heavy atom. The molecule has 0 aromatic heterocycles.